The van der Waals surface area contributed by atoms with Gasteiger partial charge in [0, 0.05) is 23.5 Å². The first-order valence-electron chi connectivity index (χ1n) is 8.53. The second-order valence-corrected chi connectivity index (χ2v) is 7.91. The molecule has 5 nitrogen and oxygen atoms in total. The molecule has 0 bridgehead atoms. The van der Waals surface area contributed by atoms with Gasteiger partial charge in [0.05, 0.1) is 17.1 Å². The highest BCUT2D eigenvalue weighted by Crippen LogP contribution is 2.25. The topological polar surface area (TPSA) is 67.8 Å². The van der Waals surface area contributed by atoms with Crippen LogP contribution in [-0.4, -0.2) is 31.9 Å². The Balaban J connectivity index is 2.20. The number of imidazole rings is 1. The summed E-state index contributed by atoms with van der Waals surface area (Å²) < 4.78 is 2.19. The standard InChI is InChI=1S/C19H27N3O2S/c1-10(2)8-22-14(6)12(4)21-19(22)25-9-16(24)18-11(3)17(15(7)23)13(5)20-18/h10,20H,8-9H2,1-7H3. The average molecular weight is 362 g/mol. The Morgan fingerprint density at radius 2 is 1.84 bits per heavy atom. The van der Waals surface area contributed by atoms with Gasteiger partial charge in [-0.25, -0.2) is 4.98 Å². The number of hydrogen-bond acceptors (Lipinski definition) is 4. The maximum absolute atomic E-state index is 12.7. The Morgan fingerprint density at radius 3 is 2.36 bits per heavy atom. The van der Waals surface area contributed by atoms with E-state index in [0.717, 1.165) is 34.3 Å². The fraction of sp³-hybridized carbons (Fsp3) is 0.526. The molecule has 0 aliphatic carbocycles. The van der Waals surface area contributed by atoms with Crippen LogP contribution in [0.25, 0.3) is 0 Å². The monoisotopic (exact) mass is 361 g/mol. The summed E-state index contributed by atoms with van der Waals surface area (Å²) in [6.07, 6.45) is 0. The predicted octanol–water partition coefficient (Wildman–Crippen LogP) is 4.28. The fourth-order valence-corrected chi connectivity index (χ4v) is 4.05. The molecule has 0 saturated carbocycles. The van der Waals surface area contributed by atoms with E-state index < -0.39 is 0 Å². The molecule has 0 fully saturated rings. The number of carbonyl (C=O) groups excluding carboxylic acids is 2. The first-order chi connectivity index (χ1) is 11.6. The lowest BCUT2D eigenvalue weighted by molar-refractivity contribution is 0.101. The Labute approximate surface area is 153 Å². The number of aromatic amines is 1. The van der Waals surface area contributed by atoms with Crippen LogP contribution < -0.4 is 0 Å². The molecule has 136 valence electrons. The summed E-state index contributed by atoms with van der Waals surface area (Å²) in [6, 6.07) is 0. The van der Waals surface area contributed by atoms with E-state index in [1.54, 1.807) is 0 Å². The summed E-state index contributed by atoms with van der Waals surface area (Å²) in [5.41, 5.74) is 4.81. The largest absolute Gasteiger partial charge is 0.355 e. The Bertz CT molecular complexity index is 815. The van der Waals surface area contributed by atoms with Crippen molar-refractivity contribution in [3.63, 3.8) is 0 Å². The molecule has 1 N–H and O–H groups in total. The summed E-state index contributed by atoms with van der Waals surface area (Å²) in [4.78, 5) is 32.1. The number of aryl methyl sites for hydroxylation is 2. The molecular formula is C19H27N3O2S. The summed E-state index contributed by atoms with van der Waals surface area (Å²) in [6.45, 7) is 14.5. The van der Waals surface area contributed by atoms with Crippen LogP contribution in [0, 0.1) is 33.6 Å². The van der Waals surface area contributed by atoms with Gasteiger partial charge in [0.25, 0.3) is 0 Å². The minimum atomic E-state index is -0.0170. The summed E-state index contributed by atoms with van der Waals surface area (Å²) in [5.74, 6) is 0.782. The van der Waals surface area contributed by atoms with Gasteiger partial charge in [-0.15, -0.1) is 0 Å². The zero-order chi connectivity index (χ0) is 18.9. The second-order valence-electron chi connectivity index (χ2n) is 6.96. The molecule has 25 heavy (non-hydrogen) atoms. The molecule has 0 amide bonds. The molecule has 6 heteroatoms. The van der Waals surface area contributed by atoms with Crippen LogP contribution in [-0.2, 0) is 6.54 Å². The lowest BCUT2D eigenvalue weighted by atomic mass is 10.1. The molecule has 0 aliphatic rings. The van der Waals surface area contributed by atoms with Crippen molar-refractivity contribution in [3.05, 3.63) is 33.9 Å². The van der Waals surface area contributed by atoms with E-state index in [1.165, 1.54) is 18.7 Å². The highest BCUT2D eigenvalue weighted by molar-refractivity contribution is 7.99. The highest BCUT2D eigenvalue weighted by Gasteiger charge is 2.21. The van der Waals surface area contributed by atoms with Crippen molar-refractivity contribution in [1.82, 2.24) is 14.5 Å². The van der Waals surface area contributed by atoms with E-state index in [9.17, 15) is 9.59 Å². The van der Waals surface area contributed by atoms with Crippen molar-refractivity contribution in [3.8, 4) is 0 Å². The number of nitrogens with one attached hydrogen (secondary N) is 1. The van der Waals surface area contributed by atoms with Crippen molar-refractivity contribution >= 4 is 23.3 Å². The van der Waals surface area contributed by atoms with E-state index in [2.05, 4.69) is 35.3 Å². The van der Waals surface area contributed by atoms with Crippen molar-refractivity contribution in [2.45, 2.75) is 60.2 Å². The Hall–Kier alpha value is -1.82. The smallest absolute Gasteiger partial charge is 0.189 e. The summed E-state index contributed by atoms with van der Waals surface area (Å²) in [7, 11) is 0. The van der Waals surface area contributed by atoms with Gasteiger partial charge >= 0.3 is 0 Å². The van der Waals surface area contributed by atoms with Crippen molar-refractivity contribution < 1.29 is 9.59 Å². The molecule has 0 radical (unpaired) electrons. The van der Waals surface area contributed by atoms with Gasteiger partial charge < -0.3 is 9.55 Å². The van der Waals surface area contributed by atoms with E-state index in [4.69, 9.17) is 0 Å². The minimum absolute atomic E-state index is 0.00694. The zero-order valence-corrected chi connectivity index (χ0v) is 16.9. The SMILES string of the molecule is CC(=O)c1c(C)[nH]c(C(=O)CSc2nc(C)c(C)n2CC(C)C)c1C. The van der Waals surface area contributed by atoms with E-state index in [1.807, 2.05) is 20.8 Å². The third kappa shape index (κ3) is 4.06. The van der Waals surface area contributed by atoms with E-state index >= 15 is 0 Å². The number of Topliss-reactive ketones (excluding diaryl/α,β-unsaturated/α-hetero) is 2. The molecule has 0 aromatic carbocycles. The quantitative estimate of drug-likeness (QED) is 0.590. The van der Waals surface area contributed by atoms with Crippen LogP contribution in [0.1, 0.15) is 64.3 Å². The van der Waals surface area contributed by atoms with Crippen LogP contribution in [0.4, 0.5) is 0 Å². The van der Waals surface area contributed by atoms with E-state index in [0.29, 0.717) is 22.9 Å². The van der Waals surface area contributed by atoms with Gasteiger partial charge in [-0.3, -0.25) is 9.59 Å². The molecule has 0 spiro atoms. The third-order valence-corrected chi connectivity index (χ3v) is 5.35. The summed E-state index contributed by atoms with van der Waals surface area (Å²) in [5, 5.41) is 0.879. The summed E-state index contributed by atoms with van der Waals surface area (Å²) >= 11 is 1.46. The number of thioether (sulfide) groups is 1. The molecule has 0 aliphatic heterocycles. The first kappa shape index (κ1) is 19.5. The maximum atomic E-state index is 12.7. The lowest BCUT2D eigenvalue weighted by Crippen LogP contribution is -2.10. The molecule has 2 rings (SSSR count). The van der Waals surface area contributed by atoms with Gasteiger partial charge in [0.1, 0.15) is 0 Å². The number of ketones is 2. The van der Waals surface area contributed by atoms with Gasteiger partial charge in [-0.2, -0.15) is 0 Å². The average Bonchev–Trinajstić information content (AvgIpc) is 2.95. The number of carbonyl (C=O) groups is 2. The second kappa shape index (κ2) is 7.60. The molecule has 0 atom stereocenters. The van der Waals surface area contributed by atoms with Crippen LogP contribution in [0.3, 0.4) is 0 Å². The van der Waals surface area contributed by atoms with Crippen LogP contribution in [0.2, 0.25) is 0 Å². The zero-order valence-electron chi connectivity index (χ0n) is 16.1. The number of H-pyrrole nitrogens is 1. The van der Waals surface area contributed by atoms with Gasteiger partial charge in [0.2, 0.25) is 0 Å². The minimum Gasteiger partial charge on any atom is -0.355 e. The lowest BCUT2D eigenvalue weighted by Gasteiger charge is -2.12. The van der Waals surface area contributed by atoms with Crippen LogP contribution >= 0.6 is 11.8 Å². The number of aromatic nitrogens is 3. The van der Waals surface area contributed by atoms with Gasteiger partial charge in [-0.05, 0) is 46.1 Å². The first-order valence-corrected chi connectivity index (χ1v) is 9.51. The third-order valence-electron chi connectivity index (χ3n) is 4.37. The molecule has 2 heterocycles. The van der Waals surface area contributed by atoms with Crippen molar-refractivity contribution in [1.29, 1.82) is 0 Å². The highest BCUT2D eigenvalue weighted by atomic mass is 32.2. The Kier molecular flexibility index (Phi) is 5.93. The van der Waals surface area contributed by atoms with Crippen LogP contribution in [0.15, 0.2) is 5.16 Å². The number of nitrogens with zero attached hydrogens (tertiary/aromatic N) is 2. The number of hydrogen-bond donors (Lipinski definition) is 1. The molecular weight excluding hydrogens is 334 g/mol. The molecule has 0 unspecified atom stereocenters. The Morgan fingerprint density at radius 1 is 1.20 bits per heavy atom. The van der Waals surface area contributed by atoms with Crippen LogP contribution in [0.5, 0.6) is 0 Å². The number of rotatable bonds is 7. The predicted molar refractivity (Wildman–Crippen MR) is 102 cm³/mol. The van der Waals surface area contributed by atoms with E-state index in [-0.39, 0.29) is 11.6 Å². The maximum Gasteiger partial charge on any atom is 0.189 e. The van der Waals surface area contributed by atoms with Gasteiger partial charge in [0.15, 0.2) is 16.7 Å². The molecule has 2 aromatic rings. The molecule has 2 aromatic heterocycles. The van der Waals surface area contributed by atoms with Crippen molar-refractivity contribution in [2.24, 2.45) is 5.92 Å². The molecule has 0 saturated heterocycles. The fourth-order valence-electron chi connectivity index (χ4n) is 3.07. The van der Waals surface area contributed by atoms with Gasteiger partial charge in [-0.1, -0.05) is 25.6 Å². The normalized spacial score (nSPS) is 11.4. The van der Waals surface area contributed by atoms with Crippen molar-refractivity contribution in [2.75, 3.05) is 5.75 Å².